The minimum atomic E-state index is 0.0170. The van der Waals surface area contributed by atoms with Crippen LogP contribution in [0.15, 0.2) is 0 Å². The fraction of sp³-hybridized carbons (Fsp3) is 0.962. The lowest BCUT2D eigenvalue weighted by molar-refractivity contribution is -0.151. The van der Waals surface area contributed by atoms with E-state index in [4.69, 9.17) is 18.9 Å². The van der Waals surface area contributed by atoms with E-state index in [0.29, 0.717) is 26.1 Å². The Hall–Kier alpha value is -1.14. The molecule has 6 nitrogen and oxygen atoms in total. The average Bonchev–Trinajstić information content (AvgIpc) is 3.22. The molecule has 0 aliphatic carbocycles. The van der Waals surface area contributed by atoms with Gasteiger partial charge in [-0.15, -0.1) is 0 Å². The standard InChI is InChI=1S/C52H102O6/c1-5-9-13-17-23-31-39-49(40-32-24-18-14-10-6-2)57-51(53)43-35-27-21-29-37-45-55-47-48-56-46-38-30-22-28-36-44-52(54)58-50(41-33-25-19-15-11-7-3)42-34-26-20-16-12-8-4/h49-50H,5-48H2,1-4H3. The molecular formula is C52H102O6. The lowest BCUT2D eigenvalue weighted by Gasteiger charge is -2.18. The smallest absolute Gasteiger partial charge is 0.306 e. The van der Waals surface area contributed by atoms with Crippen LogP contribution in [0.2, 0.25) is 0 Å². The van der Waals surface area contributed by atoms with Crippen LogP contribution in [0.1, 0.15) is 285 Å². The maximum absolute atomic E-state index is 12.6. The number of carbonyl (C=O) groups is 2. The molecule has 0 spiro atoms. The van der Waals surface area contributed by atoms with Gasteiger partial charge in [0.25, 0.3) is 0 Å². The predicted molar refractivity (Wildman–Crippen MR) is 249 cm³/mol. The second kappa shape index (κ2) is 48.5. The van der Waals surface area contributed by atoms with Crippen molar-refractivity contribution in [3.05, 3.63) is 0 Å². The third-order valence-corrected chi connectivity index (χ3v) is 11.8. The molecule has 58 heavy (non-hydrogen) atoms. The maximum Gasteiger partial charge on any atom is 0.306 e. The first kappa shape index (κ1) is 56.9. The molecular weight excluding hydrogens is 721 g/mol. The molecule has 0 aromatic carbocycles. The van der Waals surface area contributed by atoms with E-state index in [-0.39, 0.29) is 24.1 Å². The fourth-order valence-corrected chi connectivity index (χ4v) is 7.95. The van der Waals surface area contributed by atoms with Crippen molar-refractivity contribution >= 4 is 11.9 Å². The lowest BCUT2D eigenvalue weighted by Crippen LogP contribution is -2.18. The molecule has 6 heteroatoms. The molecule has 0 aromatic rings. The first-order valence-corrected chi connectivity index (χ1v) is 26.1. The van der Waals surface area contributed by atoms with E-state index in [9.17, 15) is 9.59 Å². The van der Waals surface area contributed by atoms with Crippen LogP contribution in [0, 0.1) is 0 Å². The molecule has 0 unspecified atom stereocenters. The van der Waals surface area contributed by atoms with Gasteiger partial charge >= 0.3 is 11.9 Å². The van der Waals surface area contributed by atoms with Crippen LogP contribution < -0.4 is 0 Å². The molecule has 0 radical (unpaired) electrons. The number of hydrogen-bond acceptors (Lipinski definition) is 6. The average molecular weight is 823 g/mol. The summed E-state index contributed by atoms with van der Waals surface area (Å²) in [5.74, 6) is 0.0340. The second-order valence-corrected chi connectivity index (χ2v) is 17.7. The number of hydrogen-bond donors (Lipinski definition) is 0. The molecule has 0 aliphatic heterocycles. The number of unbranched alkanes of at least 4 members (excludes halogenated alkanes) is 28. The summed E-state index contributed by atoms with van der Waals surface area (Å²) in [5, 5.41) is 0. The molecule has 0 rings (SSSR count). The third-order valence-electron chi connectivity index (χ3n) is 11.8. The Bertz CT molecular complexity index is 720. The molecule has 0 saturated carbocycles. The molecule has 0 bridgehead atoms. The van der Waals surface area contributed by atoms with Gasteiger partial charge in [-0.25, -0.2) is 0 Å². The zero-order valence-corrected chi connectivity index (χ0v) is 39.7. The summed E-state index contributed by atoms with van der Waals surface area (Å²) in [6, 6.07) is 0. The topological polar surface area (TPSA) is 71.1 Å². The highest BCUT2D eigenvalue weighted by atomic mass is 16.5. The Labute approximate surface area is 362 Å². The minimum Gasteiger partial charge on any atom is -0.462 e. The highest BCUT2D eigenvalue weighted by Gasteiger charge is 2.15. The van der Waals surface area contributed by atoms with Crippen LogP contribution in [-0.2, 0) is 28.5 Å². The third kappa shape index (κ3) is 44.4. The molecule has 346 valence electrons. The lowest BCUT2D eigenvalue weighted by atomic mass is 10.0. The van der Waals surface area contributed by atoms with Gasteiger partial charge in [0.1, 0.15) is 12.2 Å². The number of rotatable bonds is 49. The van der Waals surface area contributed by atoms with Gasteiger partial charge in [-0.2, -0.15) is 0 Å². The summed E-state index contributed by atoms with van der Waals surface area (Å²) < 4.78 is 23.6. The normalized spacial score (nSPS) is 11.6. The van der Waals surface area contributed by atoms with Crippen LogP contribution in [0.5, 0.6) is 0 Å². The van der Waals surface area contributed by atoms with Crippen molar-refractivity contribution in [1.29, 1.82) is 0 Å². The largest absolute Gasteiger partial charge is 0.462 e. The highest BCUT2D eigenvalue weighted by molar-refractivity contribution is 5.69. The Balaban J connectivity index is 3.82. The Kier molecular flexibility index (Phi) is 47.6. The molecule has 0 atom stereocenters. The van der Waals surface area contributed by atoms with Gasteiger partial charge in [0, 0.05) is 26.1 Å². The monoisotopic (exact) mass is 823 g/mol. The maximum atomic E-state index is 12.6. The molecule has 0 heterocycles. The summed E-state index contributed by atoms with van der Waals surface area (Å²) in [7, 11) is 0. The molecule has 0 fully saturated rings. The number of ether oxygens (including phenoxy) is 4. The van der Waals surface area contributed by atoms with Crippen molar-refractivity contribution in [3.8, 4) is 0 Å². The first-order valence-electron chi connectivity index (χ1n) is 26.1. The SMILES string of the molecule is CCCCCCCCC(CCCCCCCC)OC(=O)CCCCCCCOCCOCCCCCCCC(=O)OC(CCCCCCCC)CCCCCCCC. The molecule has 0 saturated heterocycles. The van der Waals surface area contributed by atoms with E-state index < -0.39 is 0 Å². The van der Waals surface area contributed by atoms with Crippen LogP contribution in [-0.4, -0.2) is 50.6 Å². The van der Waals surface area contributed by atoms with Gasteiger partial charge in [0.15, 0.2) is 0 Å². The second-order valence-electron chi connectivity index (χ2n) is 17.7. The van der Waals surface area contributed by atoms with Gasteiger partial charge in [-0.3, -0.25) is 9.59 Å². The van der Waals surface area contributed by atoms with Crippen molar-refractivity contribution < 1.29 is 28.5 Å². The zero-order valence-electron chi connectivity index (χ0n) is 39.7. The Morgan fingerprint density at radius 1 is 0.293 bits per heavy atom. The van der Waals surface area contributed by atoms with Crippen LogP contribution in [0.25, 0.3) is 0 Å². The van der Waals surface area contributed by atoms with Crippen molar-refractivity contribution in [2.45, 2.75) is 297 Å². The quantitative estimate of drug-likeness (QED) is 0.0450. The Morgan fingerprint density at radius 2 is 0.534 bits per heavy atom. The van der Waals surface area contributed by atoms with E-state index in [1.54, 1.807) is 0 Å². The molecule has 0 aromatic heterocycles. The van der Waals surface area contributed by atoms with Crippen molar-refractivity contribution in [3.63, 3.8) is 0 Å². The fourth-order valence-electron chi connectivity index (χ4n) is 7.95. The van der Waals surface area contributed by atoms with E-state index in [1.807, 2.05) is 0 Å². The van der Waals surface area contributed by atoms with E-state index >= 15 is 0 Å². The summed E-state index contributed by atoms with van der Waals surface area (Å²) >= 11 is 0. The van der Waals surface area contributed by atoms with Gasteiger partial charge in [0.05, 0.1) is 13.2 Å². The van der Waals surface area contributed by atoms with Crippen molar-refractivity contribution in [2.24, 2.45) is 0 Å². The van der Waals surface area contributed by atoms with E-state index in [2.05, 4.69) is 27.7 Å². The summed E-state index contributed by atoms with van der Waals surface area (Å²) in [6.07, 6.45) is 47.2. The molecule has 0 amide bonds. The van der Waals surface area contributed by atoms with Crippen LogP contribution >= 0.6 is 0 Å². The number of carbonyl (C=O) groups excluding carboxylic acids is 2. The Morgan fingerprint density at radius 3 is 0.828 bits per heavy atom. The van der Waals surface area contributed by atoms with Gasteiger partial charge in [-0.1, -0.05) is 195 Å². The van der Waals surface area contributed by atoms with Gasteiger partial charge in [-0.05, 0) is 77.0 Å². The van der Waals surface area contributed by atoms with Crippen molar-refractivity contribution in [1.82, 2.24) is 0 Å². The van der Waals surface area contributed by atoms with Crippen molar-refractivity contribution in [2.75, 3.05) is 26.4 Å². The van der Waals surface area contributed by atoms with Crippen LogP contribution in [0.3, 0.4) is 0 Å². The molecule has 0 aliphatic rings. The summed E-state index contributed by atoms with van der Waals surface area (Å²) in [5.41, 5.74) is 0. The van der Waals surface area contributed by atoms with E-state index in [1.165, 1.54) is 154 Å². The predicted octanol–water partition coefficient (Wildman–Crippen LogP) is 16.5. The first-order chi connectivity index (χ1) is 28.6. The summed E-state index contributed by atoms with van der Waals surface area (Å²) in [4.78, 5) is 25.3. The zero-order chi connectivity index (χ0) is 42.3. The highest BCUT2D eigenvalue weighted by Crippen LogP contribution is 2.20. The molecule has 0 N–H and O–H groups in total. The summed E-state index contributed by atoms with van der Waals surface area (Å²) in [6.45, 7) is 11.9. The minimum absolute atomic E-state index is 0.0170. The number of esters is 2. The van der Waals surface area contributed by atoms with E-state index in [0.717, 1.165) is 103 Å². The van der Waals surface area contributed by atoms with Crippen LogP contribution in [0.4, 0.5) is 0 Å². The van der Waals surface area contributed by atoms with Gasteiger partial charge < -0.3 is 18.9 Å². The van der Waals surface area contributed by atoms with Gasteiger partial charge in [0.2, 0.25) is 0 Å².